The fraction of sp³-hybridized carbons (Fsp3) is 0.231. The molecule has 0 aliphatic heterocycles. The van der Waals surface area contributed by atoms with E-state index in [0.29, 0.717) is 11.5 Å². The number of nitrogens with one attached hydrogen (secondary N) is 1. The van der Waals surface area contributed by atoms with Crippen LogP contribution in [0.2, 0.25) is 0 Å². The maximum absolute atomic E-state index is 11.3. The lowest BCUT2D eigenvalue weighted by Crippen LogP contribution is -2.08. The van der Waals surface area contributed by atoms with Gasteiger partial charge in [-0.3, -0.25) is 4.79 Å². The average molecular weight is 246 g/mol. The number of aromatic amines is 1. The lowest BCUT2D eigenvalue weighted by atomic mass is 10.0. The van der Waals surface area contributed by atoms with Gasteiger partial charge in [-0.1, -0.05) is 6.07 Å². The van der Waals surface area contributed by atoms with E-state index in [0.717, 1.165) is 16.8 Å². The minimum absolute atomic E-state index is 0.231. The first-order chi connectivity index (χ1) is 8.65. The topological polar surface area (TPSA) is 64.2 Å². The Balaban J connectivity index is 2.57. The zero-order chi connectivity index (χ0) is 13.1. The Morgan fingerprint density at radius 2 is 1.83 bits per heavy atom. The van der Waals surface area contributed by atoms with Crippen LogP contribution in [-0.2, 0) is 0 Å². The van der Waals surface area contributed by atoms with E-state index in [2.05, 4.69) is 10.2 Å². The fourth-order valence-electron chi connectivity index (χ4n) is 1.76. The predicted octanol–water partition coefficient (Wildman–Crippen LogP) is 1.76. The van der Waals surface area contributed by atoms with Gasteiger partial charge in [0.25, 0.3) is 5.56 Å². The SMILES string of the molecule is COc1ccc(-c2cc(=O)[nH]nc2C)cc1OC. The third-order valence-electron chi connectivity index (χ3n) is 2.69. The lowest BCUT2D eigenvalue weighted by molar-refractivity contribution is 0.355. The molecule has 0 saturated heterocycles. The molecule has 2 rings (SSSR count). The first-order valence-corrected chi connectivity index (χ1v) is 5.44. The molecule has 0 unspecified atom stereocenters. The molecule has 5 heteroatoms. The summed E-state index contributed by atoms with van der Waals surface area (Å²) in [5.41, 5.74) is 2.16. The molecule has 0 radical (unpaired) electrons. The fourth-order valence-corrected chi connectivity index (χ4v) is 1.76. The second kappa shape index (κ2) is 4.91. The maximum Gasteiger partial charge on any atom is 0.264 e. The molecule has 5 nitrogen and oxygen atoms in total. The number of aromatic nitrogens is 2. The van der Waals surface area contributed by atoms with Crippen LogP contribution in [0.4, 0.5) is 0 Å². The average Bonchev–Trinajstić information content (AvgIpc) is 2.40. The molecule has 1 aromatic heterocycles. The molecule has 1 aromatic carbocycles. The standard InChI is InChI=1S/C13H14N2O3/c1-8-10(7-13(16)15-14-8)9-4-5-11(17-2)12(6-9)18-3/h4-7H,1-3H3,(H,15,16). The Labute approximate surface area is 104 Å². The minimum atomic E-state index is -0.231. The van der Waals surface area contributed by atoms with E-state index in [1.165, 1.54) is 6.07 Å². The number of benzene rings is 1. The van der Waals surface area contributed by atoms with Crippen LogP contribution in [0.1, 0.15) is 5.69 Å². The monoisotopic (exact) mass is 246 g/mol. The van der Waals surface area contributed by atoms with E-state index in [1.54, 1.807) is 20.3 Å². The van der Waals surface area contributed by atoms with Gasteiger partial charge in [-0.15, -0.1) is 0 Å². The highest BCUT2D eigenvalue weighted by Gasteiger charge is 2.09. The predicted molar refractivity (Wildman–Crippen MR) is 68.1 cm³/mol. The second-order valence-electron chi connectivity index (χ2n) is 3.80. The Morgan fingerprint density at radius 1 is 1.11 bits per heavy atom. The van der Waals surface area contributed by atoms with Crippen LogP contribution < -0.4 is 15.0 Å². The van der Waals surface area contributed by atoms with Crippen LogP contribution in [0, 0.1) is 6.92 Å². The van der Waals surface area contributed by atoms with Crippen molar-refractivity contribution in [1.82, 2.24) is 10.2 Å². The molecule has 0 aliphatic carbocycles. The number of nitrogens with zero attached hydrogens (tertiary/aromatic N) is 1. The largest absolute Gasteiger partial charge is 0.493 e. The number of ether oxygens (including phenoxy) is 2. The molecular weight excluding hydrogens is 232 g/mol. The number of hydrogen-bond acceptors (Lipinski definition) is 4. The third-order valence-corrected chi connectivity index (χ3v) is 2.69. The Kier molecular flexibility index (Phi) is 3.32. The number of H-pyrrole nitrogens is 1. The van der Waals surface area contributed by atoms with E-state index in [1.807, 2.05) is 19.1 Å². The molecule has 0 aliphatic rings. The molecule has 0 amide bonds. The van der Waals surface area contributed by atoms with Gasteiger partial charge < -0.3 is 9.47 Å². The van der Waals surface area contributed by atoms with Crippen LogP contribution in [0.5, 0.6) is 11.5 Å². The van der Waals surface area contributed by atoms with Crippen LogP contribution >= 0.6 is 0 Å². The van der Waals surface area contributed by atoms with Crippen LogP contribution in [0.3, 0.4) is 0 Å². The Bertz CT molecular complexity index is 620. The summed E-state index contributed by atoms with van der Waals surface area (Å²) in [6.07, 6.45) is 0. The summed E-state index contributed by atoms with van der Waals surface area (Å²) >= 11 is 0. The summed E-state index contributed by atoms with van der Waals surface area (Å²) < 4.78 is 10.4. The smallest absolute Gasteiger partial charge is 0.264 e. The highest BCUT2D eigenvalue weighted by atomic mass is 16.5. The van der Waals surface area contributed by atoms with Gasteiger partial charge in [0.15, 0.2) is 11.5 Å². The molecule has 94 valence electrons. The molecule has 1 N–H and O–H groups in total. The molecule has 2 aromatic rings. The van der Waals surface area contributed by atoms with Crippen molar-refractivity contribution in [1.29, 1.82) is 0 Å². The Morgan fingerprint density at radius 3 is 2.50 bits per heavy atom. The van der Waals surface area contributed by atoms with Crippen LogP contribution in [0.15, 0.2) is 29.1 Å². The molecule has 0 bridgehead atoms. The van der Waals surface area contributed by atoms with Gasteiger partial charge in [-0.2, -0.15) is 5.10 Å². The molecule has 0 saturated carbocycles. The zero-order valence-corrected chi connectivity index (χ0v) is 10.5. The quantitative estimate of drug-likeness (QED) is 0.896. The van der Waals surface area contributed by atoms with Gasteiger partial charge in [0.2, 0.25) is 0 Å². The van der Waals surface area contributed by atoms with E-state index < -0.39 is 0 Å². The van der Waals surface area contributed by atoms with Gasteiger partial charge in [0.05, 0.1) is 19.9 Å². The van der Waals surface area contributed by atoms with E-state index >= 15 is 0 Å². The van der Waals surface area contributed by atoms with Gasteiger partial charge in [-0.25, -0.2) is 5.10 Å². The number of rotatable bonds is 3. The second-order valence-corrected chi connectivity index (χ2v) is 3.80. The van der Waals surface area contributed by atoms with Crippen molar-refractivity contribution in [2.75, 3.05) is 14.2 Å². The molecule has 0 spiro atoms. The summed E-state index contributed by atoms with van der Waals surface area (Å²) in [4.78, 5) is 11.3. The highest BCUT2D eigenvalue weighted by molar-refractivity contribution is 5.68. The maximum atomic E-state index is 11.3. The summed E-state index contributed by atoms with van der Waals surface area (Å²) in [5.74, 6) is 1.27. The van der Waals surface area contributed by atoms with Crippen molar-refractivity contribution in [2.24, 2.45) is 0 Å². The number of methoxy groups -OCH3 is 2. The third kappa shape index (κ3) is 2.20. The van der Waals surface area contributed by atoms with Gasteiger partial charge >= 0.3 is 0 Å². The van der Waals surface area contributed by atoms with Gasteiger partial charge in [0, 0.05) is 11.6 Å². The lowest BCUT2D eigenvalue weighted by Gasteiger charge is -2.10. The van der Waals surface area contributed by atoms with Crippen molar-refractivity contribution >= 4 is 0 Å². The van der Waals surface area contributed by atoms with Crippen molar-refractivity contribution in [3.63, 3.8) is 0 Å². The minimum Gasteiger partial charge on any atom is -0.493 e. The summed E-state index contributed by atoms with van der Waals surface area (Å²) in [6, 6.07) is 7.01. The summed E-state index contributed by atoms with van der Waals surface area (Å²) in [7, 11) is 3.15. The number of hydrogen-bond donors (Lipinski definition) is 1. The first-order valence-electron chi connectivity index (χ1n) is 5.44. The van der Waals surface area contributed by atoms with Crippen LogP contribution in [0.25, 0.3) is 11.1 Å². The summed E-state index contributed by atoms with van der Waals surface area (Å²) in [5, 5.41) is 6.34. The van der Waals surface area contributed by atoms with E-state index in [9.17, 15) is 4.79 Å². The van der Waals surface area contributed by atoms with E-state index in [4.69, 9.17) is 9.47 Å². The van der Waals surface area contributed by atoms with Crippen molar-refractivity contribution < 1.29 is 9.47 Å². The molecular formula is C13H14N2O3. The van der Waals surface area contributed by atoms with Gasteiger partial charge in [-0.05, 0) is 24.6 Å². The van der Waals surface area contributed by atoms with Crippen LogP contribution in [-0.4, -0.2) is 24.4 Å². The van der Waals surface area contributed by atoms with Crippen molar-refractivity contribution in [2.45, 2.75) is 6.92 Å². The summed E-state index contributed by atoms with van der Waals surface area (Å²) in [6.45, 7) is 1.84. The first kappa shape index (κ1) is 12.2. The Hall–Kier alpha value is -2.30. The molecule has 0 fully saturated rings. The molecule has 0 atom stereocenters. The molecule has 18 heavy (non-hydrogen) atoms. The normalized spacial score (nSPS) is 10.2. The highest BCUT2D eigenvalue weighted by Crippen LogP contribution is 2.32. The van der Waals surface area contributed by atoms with Gasteiger partial charge in [0.1, 0.15) is 0 Å². The van der Waals surface area contributed by atoms with Crippen molar-refractivity contribution in [3.05, 3.63) is 40.3 Å². The zero-order valence-electron chi connectivity index (χ0n) is 10.5. The number of aryl methyl sites for hydroxylation is 1. The van der Waals surface area contributed by atoms with Crippen molar-refractivity contribution in [3.8, 4) is 22.6 Å². The van der Waals surface area contributed by atoms with E-state index in [-0.39, 0.29) is 5.56 Å². The molecule has 1 heterocycles.